The molecular weight excluding hydrogens is 442 g/mol. The highest BCUT2D eigenvalue weighted by atomic mass is 35.5. The second-order valence-electron chi connectivity index (χ2n) is 7.30. The van der Waals surface area contributed by atoms with E-state index in [2.05, 4.69) is 15.2 Å². The fourth-order valence-electron chi connectivity index (χ4n) is 4.00. The third kappa shape index (κ3) is 7.26. The smallest absolute Gasteiger partial charge is 0.303 e. The standard InChI is InChI=1S/C19H26ClFN4O2.2ClH/c20-16-9-13(10-17(21)19(26)24-27)11-22-18(16)23-14-5-4-8-25(12-14)15-6-2-1-3-7-15;;/h9-11,14-15,27H,1-8,12H2,(H,22,23)(H,24,26);2*1H/b17-10-;;/t14-;;/m1../s1. The summed E-state index contributed by atoms with van der Waals surface area (Å²) in [5, 5.41) is 12.2. The van der Waals surface area contributed by atoms with Crippen LogP contribution in [0.5, 0.6) is 0 Å². The molecule has 0 spiro atoms. The molecule has 1 aliphatic carbocycles. The molecule has 164 valence electrons. The van der Waals surface area contributed by atoms with Crippen molar-refractivity contribution in [2.75, 3.05) is 18.4 Å². The minimum absolute atomic E-state index is 0. The Labute approximate surface area is 188 Å². The lowest BCUT2D eigenvalue weighted by molar-refractivity contribution is -0.126. The summed E-state index contributed by atoms with van der Waals surface area (Å²) >= 11 is 6.29. The van der Waals surface area contributed by atoms with Gasteiger partial charge in [0.25, 0.3) is 0 Å². The van der Waals surface area contributed by atoms with Crippen molar-refractivity contribution in [2.45, 2.75) is 57.0 Å². The highest BCUT2D eigenvalue weighted by Crippen LogP contribution is 2.28. The first kappa shape index (κ1) is 25.9. The quantitative estimate of drug-likeness (QED) is 0.334. The first-order chi connectivity index (χ1) is 13.1. The molecule has 1 saturated carbocycles. The number of hydrogen-bond acceptors (Lipinski definition) is 5. The predicted molar refractivity (Wildman–Crippen MR) is 118 cm³/mol. The second kappa shape index (κ2) is 12.5. The number of likely N-dealkylation sites (tertiary alicyclic amines) is 1. The Kier molecular flexibility index (Phi) is 11.2. The van der Waals surface area contributed by atoms with Crippen LogP contribution in [0.4, 0.5) is 10.2 Å². The van der Waals surface area contributed by atoms with Gasteiger partial charge in [-0.1, -0.05) is 30.9 Å². The van der Waals surface area contributed by atoms with Gasteiger partial charge in [0.05, 0.1) is 5.02 Å². The van der Waals surface area contributed by atoms with Gasteiger partial charge in [-0.15, -0.1) is 24.8 Å². The molecular formula is C19H28Cl3FN4O2. The van der Waals surface area contributed by atoms with Crippen LogP contribution in [-0.4, -0.2) is 46.2 Å². The zero-order valence-corrected chi connectivity index (χ0v) is 18.5. The molecule has 10 heteroatoms. The largest absolute Gasteiger partial charge is 0.365 e. The fourth-order valence-corrected chi connectivity index (χ4v) is 4.23. The molecule has 1 amide bonds. The van der Waals surface area contributed by atoms with E-state index in [1.54, 1.807) is 6.07 Å². The van der Waals surface area contributed by atoms with Crippen molar-refractivity contribution in [1.82, 2.24) is 15.4 Å². The molecule has 2 aliphatic rings. The van der Waals surface area contributed by atoms with Crippen molar-refractivity contribution in [1.29, 1.82) is 0 Å². The van der Waals surface area contributed by atoms with Crippen LogP contribution in [-0.2, 0) is 4.79 Å². The molecule has 1 aliphatic heterocycles. The maximum absolute atomic E-state index is 13.5. The van der Waals surface area contributed by atoms with Crippen molar-refractivity contribution in [3.63, 3.8) is 0 Å². The lowest BCUT2D eigenvalue weighted by atomic mass is 9.92. The van der Waals surface area contributed by atoms with E-state index in [9.17, 15) is 9.18 Å². The third-order valence-electron chi connectivity index (χ3n) is 5.36. The summed E-state index contributed by atoms with van der Waals surface area (Å²) in [4.78, 5) is 17.9. The maximum Gasteiger partial charge on any atom is 0.303 e. The summed E-state index contributed by atoms with van der Waals surface area (Å²) in [6, 6.07) is 2.52. The lowest BCUT2D eigenvalue weighted by Crippen LogP contribution is -2.47. The van der Waals surface area contributed by atoms with Gasteiger partial charge in [-0.25, -0.2) is 14.9 Å². The number of anilines is 1. The van der Waals surface area contributed by atoms with E-state index in [0.29, 0.717) is 22.4 Å². The Balaban J connectivity index is 0.00000210. The highest BCUT2D eigenvalue weighted by molar-refractivity contribution is 6.33. The molecule has 29 heavy (non-hydrogen) atoms. The number of rotatable bonds is 5. The molecule has 1 saturated heterocycles. The van der Waals surface area contributed by atoms with Gasteiger partial charge in [0.1, 0.15) is 5.82 Å². The van der Waals surface area contributed by atoms with Crippen LogP contribution >= 0.6 is 36.4 Å². The van der Waals surface area contributed by atoms with Crippen LogP contribution in [0.3, 0.4) is 0 Å². The summed E-state index contributed by atoms with van der Waals surface area (Å²) in [6.07, 6.45) is 11.2. The Bertz CT molecular complexity index is 702. The summed E-state index contributed by atoms with van der Waals surface area (Å²) < 4.78 is 13.5. The fraction of sp³-hybridized carbons (Fsp3) is 0.579. The minimum atomic E-state index is -1.21. The number of carbonyl (C=O) groups excluding carboxylic acids is 1. The average molecular weight is 470 g/mol. The summed E-state index contributed by atoms with van der Waals surface area (Å²) in [5.74, 6) is -1.76. The van der Waals surface area contributed by atoms with Crippen molar-refractivity contribution >= 4 is 54.2 Å². The molecule has 1 aromatic heterocycles. The van der Waals surface area contributed by atoms with Crippen LogP contribution in [0, 0.1) is 0 Å². The lowest BCUT2D eigenvalue weighted by Gasteiger charge is -2.40. The van der Waals surface area contributed by atoms with Crippen molar-refractivity contribution in [2.24, 2.45) is 0 Å². The number of piperidine rings is 1. The van der Waals surface area contributed by atoms with Crippen LogP contribution < -0.4 is 10.8 Å². The van der Waals surface area contributed by atoms with Gasteiger partial charge in [0, 0.05) is 24.8 Å². The van der Waals surface area contributed by atoms with Crippen molar-refractivity contribution < 1.29 is 14.4 Å². The second-order valence-corrected chi connectivity index (χ2v) is 7.71. The van der Waals surface area contributed by atoms with Gasteiger partial charge in [0.2, 0.25) is 0 Å². The van der Waals surface area contributed by atoms with E-state index in [-0.39, 0.29) is 30.9 Å². The van der Waals surface area contributed by atoms with Gasteiger partial charge in [-0.3, -0.25) is 14.9 Å². The van der Waals surface area contributed by atoms with Gasteiger partial charge < -0.3 is 5.32 Å². The number of pyridine rings is 1. The summed E-state index contributed by atoms with van der Waals surface area (Å²) in [5.41, 5.74) is 1.59. The van der Waals surface area contributed by atoms with Crippen molar-refractivity contribution in [3.05, 3.63) is 28.7 Å². The SMILES string of the molecule is Cl.Cl.O=C(NO)/C(F)=C/c1cnc(N[C@@H]2CCCN(C3CCCCC3)C2)c(Cl)c1. The number of hydrogen-bond donors (Lipinski definition) is 3. The Morgan fingerprint density at radius 3 is 2.62 bits per heavy atom. The maximum atomic E-state index is 13.5. The number of nitrogens with zero attached hydrogens (tertiary/aromatic N) is 2. The molecule has 0 aromatic carbocycles. The zero-order valence-electron chi connectivity index (χ0n) is 16.1. The topological polar surface area (TPSA) is 77.5 Å². The number of hydroxylamine groups is 1. The van der Waals surface area contributed by atoms with E-state index in [1.807, 2.05) is 0 Å². The predicted octanol–water partition coefficient (Wildman–Crippen LogP) is 4.60. The van der Waals surface area contributed by atoms with Crippen molar-refractivity contribution in [3.8, 4) is 0 Å². The molecule has 0 unspecified atom stereocenters. The first-order valence-corrected chi connectivity index (χ1v) is 9.92. The number of amides is 1. The molecule has 2 heterocycles. The summed E-state index contributed by atoms with van der Waals surface area (Å²) in [6.45, 7) is 2.13. The average Bonchev–Trinajstić information content (AvgIpc) is 2.70. The minimum Gasteiger partial charge on any atom is -0.365 e. The van der Waals surface area contributed by atoms with Crippen LogP contribution in [0.15, 0.2) is 18.1 Å². The third-order valence-corrected chi connectivity index (χ3v) is 5.65. The molecule has 0 bridgehead atoms. The number of aromatic nitrogens is 1. The van der Waals surface area contributed by atoms with Gasteiger partial charge in [0.15, 0.2) is 5.83 Å². The zero-order chi connectivity index (χ0) is 19.2. The van der Waals surface area contributed by atoms with Crippen LogP contribution in [0.1, 0.15) is 50.5 Å². The molecule has 1 aromatic rings. The van der Waals surface area contributed by atoms with E-state index in [4.69, 9.17) is 16.8 Å². The Morgan fingerprint density at radius 1 is 1.24 bits per heavy atom. The number of carbonyl (C=O) groups is 1. The van der Waals surface area contributed by atoms with Crippen LogP contribution in [0.2, 0.25) is 5.02 Å². The molecule has 6 nitrogen and oxygen atoms in total. The molecule has 0 radical (unpaired) electrons. The van der Waals surface area contributed by atoms with E-state index in [0.717, 1.165) is 32.0 Å². The van der Waals surface area contributed by atoms with E-state index >= 15 is 0 Å². The normalized spacial score (nSPS) is 20.9. The van der Waals surface area contributed by atoms with Gasteiger partial charge >= 0.3 is 5.91 Å². The molecule has 2 fully saturated rings. The number of nitrogens with one attached hydrogen (secondary N) is 2. The monoisotopic (exact) mass is 468 g/mol. The van der Waals surface area contributed by atoms with Gasteiger partial charge in [-0.05, 0) is 49.9 Å². The number of halogens is 4. The Hall–Kier alpha value is -1.12. The molecule has 3 N–H and O–H groups in total. The summed E-state index contributed by atoms with van der Waals surface area (Å²) in [7, 11) is 0. The van der Waals surface area contributed by atoms with Gasteiger partial charge in [-0.2, -0.15) is 0 Å². The first-order valence-electron chi connectivity index (χ1n) is 9.54. The Morgan fingerprint density at radius 2 is 1.97 bits per heavy atom. The van der Waals surface area contributed by atoms with E-state index in [1.165, 1.54) is 43.8 Å². The van der Waals surface area contributed by atoms with E-state index < -0.39 is 11.7 Å². The molecule has 1 atom stereocenters. The molecule has 3 rings (SSSR count). The van der Waals surface area contributed by atoms with Crippen LogP contribution in [0.25, 0.3) is 6.08 Å². The highest BCUT2D eigenvalue weighted by Gasteiger charge is 2.27.